The smallest absolute Gasteiger partial charge is 0.134 e. The first kappa shape index (κ1) is 18.9. The van der Waals surface area contributed by atoms with Crippen LogP contribution in [0.1, 0.15) is 30.0 Å². The third kappa shape index (κ3) is 4.84. The van der Waals surface area contributed by atoms with E-state index in [0.29, 0.717) is 11.5 Å². The fraction of sp³-hybridized carbons (Fsp3) is 0.217. The van der Waals surface area contributed by atoms with Crippen LogP contribution in [0.5, 0.6) is 5.75 Å². The zero-order valence-corrected chi connectivity index (χ0v) is 16.6. The van der Waals surface area contributed by atoms with Crippen LogP contribution in [0.3, 0.4) is 0 Å². The number of aromatic nitrogens is 1. The quantitative estimate of drug-likeness (QED) is 0.491. The van der Waals surface area contributed by atoms with Gasteiger partial charge in [0.1, 0.15) is 16.8 Å². The summed E-state index contributed by atoms with van der Waals surface area (Å²) in [5, 5.41) is 12.3. The maximum Gasteiger partial charge on any atom is 0.134 e. The zero-order valence-electron chi connectivity index (χ0n) is 15.8. The lowest BCUT2D eigenvalue weighted by molar-refractivity contribution is 0.414. The van der Waals surface area contributed by atoms with Crippen LogP contribution in [0.4, 0.5) is 0 Å². The molecule has 0 N–H and O–H groups in total. The molecule has 0 fully saturated rings. The largest absolute Gasteiger partial charge is 0.497 e. The van der Waals surface area contributed by atoms with E-state index in [4.69, 9.17) is 4.74 Å². The van der Waals surface area contributed by atoms with Crippen molar-refractivity contribution in [3.8, 4) is 23.1 Å². The SMILES string of the molecule is COc1cccc(C=C(C#N)c2nc(-c3ccc(CC(C)C)cc3)cs2)c1. The number of nitriles is 1. The Bertz CT molecular complexity index is 978. The third-order valence-corrected chi connectivity index (χ3v) is 5.03. The summed E-state index contributed by atoms with van der Waals surface area (Å²) >= 11 is 1.49. The molecule has 0 saturated heterocycles. The van der Waals surface area contributed by atoms with Crippen LogP contribution in [0.25, 0.3) is 22.9 Å². The van der Waals surface area contributed by atoms with E-state index in [-0.39, 0.29) is 0 Å². The molecule has 0 spiro atoms. The second-order valence-corrected chi connectivity index (χ2v) is 7.64. The molecule has 0 radical (unpaired) electrons. The average Bonchev–Trinajstić information content (AvgIpc) is 3.16. The standard InChI is InChI=1S/C23H22N2OS/c1-16(2)11-17-7-9-19(10-8-17)22-15-27-23(25-22)20(14-24)12-18-5-4-6-21(13-18)26-3/h4-10,12-13,15-16H,11H2,1-3H3. The first-order valence-corrected chi connectivity index (χ1v) is 9.78. The first-order chi connectivity index (χ1) is 13.1. The molecule has 3 nitrogen and oxygen atoms in total. The molecule has 27 heavy (non-hydrogen) atoms. The van der Waals surface area contributed by atoms with Crippen molar-refractivity contribution in [2.75, 3.05) is 7.11 Å². The van der Waals surface area contributed by atoms with Gasteiger partial charge in [-0.05, 0) is 41.7 Å². The van der Waals surface area contributed by atoms with E-state index >= 15 is 0 Å². The predicted octanol–water partition coefficient (Wildman–Crippen LogP) is 6.08. The second-order valence-electron chi connectivity index (χ2n) is 6.78. The Labute approximate surface area is 164 Å². The molecule has 0 bridgehead atoms. The summed E-state index contributed by atoms with van der Waals surface area (Å²) < 4.78 is 5.25. The minimum atomic E-state index is 0.552. The lowest BCUT2D eigenvalue weighted by atomic mass is 10.0. The fourth-order valence-electron chi connectivity index (χ4n) is 2.85. The van der Waals surface area contributed by atoms with Gasteiger partial charge in [0.05, 0.1) is 18.4 Å². The molecule has 0 aliphatic rings. The molecule has 0 atom stereocenters. The molecule has 0 amide bonds. The van der Waals surface area contributed by atoms with Crippen molar-refractivity contribution in [2.45, 2.75) is 20.3 Å². The monoisotopic (exact) mass is 374 g/mol. The summed E-state index contributed by atoms with van der Waals surface area (Å²) in [7, 11) is 1.63. The summed E-state index contributed by atoms with van der Waals surface area (Å²) in [6.45, 7) is 4.44. The highest BCUT2D eigenvalue weighted by atomic mass is 32.1. The Morgan fingerprint density at radius 2 is 2.00 bits per heavy atom. The van der Waals surface area contributed by atoms with Crippen LogP contribution < -0.4 is 4.74 Å². The van der Waals surface area contributed by atoms with Crippen molar-refractivity contribution in [3.05, 3.63) is 70.0 Å². The molecule has 136 valence electrons. The fourth-order valence-corrected chi connectivity index (χ4v) is 3.65. The van der Waals surface area contributed by atoms with E-state index in [1.165, 1.54) is 16.9 Å². The molecule has 0 saturated carbocycles. The highest BCUT2D eigenvalue weighted by Gasteiger charge is 2.10. The van der Waals surface area contributed by atoms with Gasteiger partial charge in [-0.15, -0.1) is 11.3 Å². The van der Waals surface area contributed by atoms with Crippen molar-refractivity contribution in [3.63, 3.8) is 0 Å². The Kier molecular flexibility index (Phi) is 6.05. The van der Waals surface area contributed by atoms with E-state index in [0.717, 1.165) is 34.0 Å². The van der Waals surface area contributed by atoms with Gasteiger partial charge in [-0.2, -0.15) is 5.26 Å². The van der Waals surface area contributed by atoms with Crippen molar-refractivity contribution < 1.29 is 4.74 Å². The van der Waals surface area contributed by atoms with Crippen LogP contribution in [-0.4, -0.2) is 12.1 Å². The normalized spacial score (nSPS) is 11.4. The maximum atomic E-state index is 9.58. The summed E-state index contributed by atoms with van der Waals surface area (Å²) in [5.74, 6) is 1.41. The van der Waals surface area contributed by atoms with Crippen molar-refractivity contribution >= 4 is 23.0 Å². The van der Waals surface area contributed by atoms with Crippen LogP contribution in [0.2, 0.25) is 0 Å². The van der Waals surface area contributed by atoms with Gasteiger partial charge in [0, 0.05) is 10.9 Å². The topological polar surface area (TPSA) is 45.9 Å². The highest BCUT2D eigenvalue weighted by Crippen LogP contribution is 2.28. The molecule has 2 aromatic carbocycles. The van der Waals surface area contributed by atoms with Gasteiger partial charge in [0.2, 0.25) is 0 Å². The number of thiazole rings is 1. The van der Waals surface area contributed by atoms with Crippen molar-refractivity contribution in [2.24, 2.45) is 5.92 Å². The van der Waals surface area contributed by atoms with E-state index < -0.39 is 0 Å². The Morgan fingerprint density at radius 3 is 2.67 bits per heavy atom. The van der Waals surface area contributed by atoms with Crippen molar-refractivity contribution in [1.29, 1.82) is 5.26 Å². The third-order valence-electron chi connectivity index (χ3n) is 4.15. The number of benzene rings is 2. The molecule has 0 aliphatic heterocycles. The lowest BCUT2D eigenvalue weighted by Crippen LogP contribution is -1.93. The molecule has 3 rings (SSSR count). The van der Waals surface area contributed by atoms with E-state index in [2.05, 4.69) is 49.2 Å². The number of nitrogens with zero attached hydrogens (tertiary/aromatic N) is 2. The Morgan fingerprint density at radius 1 is 1.22 bits per heavy atom. The molecule has 0 unspecified atom stereocenters. The molecule has 3 aromatic rings. The van der Waals surface area contributed by atoms with Gasteiger partial charge >= 0.3 is 0 Å². The Hall–Kier alpha value is -2.90. The zero-order chi connectivity index (χ0) is 19.2. The number of hydrogen-bond donors (Lipinski definition) is 0. The predicted molar refractivity (Wildman–Crippen MR) is 113 cm³/mol. The molecule has 1 aromatic heterocycles. The number of allylic oxidation sites excluding steroid dienone is 1. The van der Waals surface area contributed by atoms with Gasteiger partial charge < -0.3 is 4.74 Å². The van der Waals surface area contributed by atoms with Gasteiger partial charge in [-0.1, -0.05) is 50.2 Å². The van der Waals surface area contributed by atoms with Crippen LogP contribution in [-0.2, 0) is 6.42 Å². The summed E-state index contributed by atoms with van der Waals surface area (Å²) in [5.41, 5.74) is 4.78. The highest BCUT2D eigenvalue weighted by molar-refractivity contribution is 7.11. The van der Waals surface area contributed by atoms with Crippen LogP contribution in [0, 0.1) is 17.2 Å². The molecule has 0 aliphatic carbocycles. The van der Waals surface area contributed by atoms with Gasteiger partial charge in [-0.3, -0.25) is 0 Å². The summed E-state index contributed by atoms with van der Waals surface area (Å²) in [6, 6.07) is 18.4. The van der Waals surface area contributed by atoms with Gasteiger partial charge in [0.25, 0.3) is 0 Å². The molecule has 4 heteroatoms. The maximum absolute atomic E-state index is 9.58. The van der Waals surface area contributed by atoms with E-state index in [9.17, 15) is 5.26 Å². The van der Waals surface area contributed by atoms with Crippen molar-refractivity contribution in [1.82, 2.24) is 4.98 Å². The van der Waals surface area contributed by atoms with Gasteiger partial charge in [-0.25, -0.2) is 4.98 Å². The summed E-state index contributed by atoms with van der Waals surface area (Å²) in [4.78, 5) is 4.68. The number of methoxy groups -OCH3 is 1. The average molecular weight is 375 g/mol. The van der Waals surface area contributed by atoms with Crippen LogP contribution in [0.15, 0.2) is 53.9 Å². The Balaban J connectivity index is 1.85. The molecular formula is C23H22N2OS. The van der Waals surface area contributed by atoms with E-state index in [1.54, 1.807) is 7.11 Å². The number of hydrogen-bond acceptors (Lipinski definition) is 4. The number of ether oxygens (including phenoxy) is 1. The molecule has 1 heterocycles. The molecular weight excluding hydrogens is 352 g/mol. The summed E-state index contributed by atoms with van der Waals surface area (Å²) in [6.07, 6.45) is 2.92. The minimum Gasteiger partial charge on any atom is -0.497 e. The van der Waals surface area contributed by atoms with Crippen LogP contribution >= 0.6 is 11.3 Å². The van der Waals surface area contributed by atoms with Gasteiger partial charge in [0.15, 0.2) is 0 Å². The number of rotatable bonds is 6. The first-order valence-electron chi connectivity index (χ1n) is 8.90. The lowest BCUT2D eigenvalue weighted by Gasteiger charge is -2.05. The minimum absolute atomic E-state index is 0.552. The van der Waals surface area contributed by atoms with E-state index in [1.807, 2.05) is 35.7 Å². The second kappa shape index (κ2) is 8.66.